The largest absolute Gasteiger partial charge is 0.493 e. The van der Waals surface area contributed by atoms with Crippen LogP contribution in [0.25, 0.3) is 10.2 Å². The number of esters is 1. The highest BCUT2D eigenvalue weighted by molar-refractivity contribution is 7.22. The molecule has 0 fully saturated rings. The molecule has 152 valence electrons. The van der Waals surface area contributed by atoms with Crippen LogP contribution in [0.2, 0.25) is 0 Å². The summed E-state index contributed by atoms with van der Waals surface area (Å²) < 4.78 is 11.7. The lowest BCUT2D eigenvalue weighted by molar-refractivity contribution is -0.132. The van der Waals surface area contributed by atoms with Crippen molar-refractivity contribution in [1.82, 2.24) is 9.97 Å². The Morgan fingerprint density at radius 2 is 1.93 bits per heavy atom. The molecule has 6 nitrogen and oxygen atoms in total. The predicted molar refractivity (Wildman–Crippen MR) is 118 cm³/mol. The summed E-state index contributed by atoms with van der Waals surface area (Å²) in [6.45, 7) is 1.71. The van der Waals surface area contributed by atoms with E-state index in [1.54, 1.807) is 23.6 Å². The van der Waals surface area contributed by atoms with E-state index in [9.17, 15) is 4.79 Å². The van der Waals surface area contributed by atoms with Crippen molar-refractivity contribution >= 4 is 32.7 Å². The molecule has 0 bridgehead atoms. The lowest BCUT2D eigenvalue weighted by Gasteiger charge is -2.12. The summed E-state index contributed by atoms with van der Waals surface area (Å²) in [4.78, 5) is 20.4. The van der Waals surface area contributed by atoms with Gasteiger partial charge in [0.15, 0.2) is 16.6 Å². The number of aromatic nitrogens is 2. The third-order valence-corrected chi connectivity index (χ3v) is 5.49. The minimum atomic E-state index is -0.423. The van der Waals surface area contributed by atoms with Crippen LogP contribution in [0.15, 0.2) is 60.8 Å². The molecule has 2 aromatic carbocycles. The van der Waals surface area contributed by atoms with Crippen molar-refractivity contribution < 1.29 is 14.3 Å². The first kappa shape index (κ1) is 19.8. The maximum atomic E-state index is 11.5. The van der Waals surface area contributed by atoms with Crippen LogP contribution < -0.4 is 14.8 Å². The van der Waals surface area contributed by atoms with Gasteiger partial charge in [0.1, 0.15) is 5.69 Å². The minimum absolute atomic E-state index is 0.325. The van der Waals surface area contributed by atoms with Crippen molar-refractivity contribution in [3.05, 3.63) is 77.6 Å². The van der Waals surface area contributed by atoms with E-state index in [0.717, 1.165) is 21.8 Å². The Morgan fingerprint density at radius 1 is 1.10 bits per heavy atom. The normalized spacial score (nSPS) is 10.7. The number of fused-ring (bicyclic) bond motifs is 1. The molecule has 4 aromatic rings. The van der Waals surface area contributed by atoms with Gasteiger partial charge >= 0.3 is 5.97 Å². The van der Waals surface area contributed by atoms with Crippen molar-refractivity contribution in [3.8, 4) is 11.5 Å². The quantitative estimate of drug-likeness (QED) is 0.433. The van der Waals surface area contributed by atoms with Crippen LogP contribution in [0, 0.1) is 0 Å². The molecule has 0 saturated carbocycles. The number of nitrogens with zero attached hydrogens (tertiary/aromatic N) is 2. The van der Waals surface area contributed by atoms with Gasteiger partial charge in [-0.1, -0.05) is 47.7 Å². The first-order chi connectivity index (χ1) is 14.6. The molecule has 0 radical (unpaired) electrons. The highest BCUT2D eigenvalue weighted by Crippen LogP contribution is 2.32. The Balaban J connectivity index is 1.52. The van der Waals surface area contributed by atoms with E-state index >= 15 is 0 Å². The van der Waals surface area contributed by atoms with Crippen molar-refractivity contribution in [1.29, 1.82) is 0 Å². The second-order valence-electron chi connectivity index (χ2n) is 6.72. The highest BCUT2D eigenvalue weighted by atomic mass is 32.1. The number of rotatable bonds is 7. The van der Waals surface area contributed by atoms with Crippen molar-refractivity contribution in [3.63, 3.8) is 0 Å². The van der Waals surface area contributed by atoms with Gasteiger partial charge in [0, 0.05) is 19.2 Å². The molecule has 30 heavy (non-hydrogen) atoms. The molecule has 0 unspecified atom stereocenters. The van der Waals surface area contributed by atoms with E-state index in [-0.39, 0.29) is 0 Å². The zero-order chi connectivity index (χ0) is 20.9. The first-order valence-corrected chi connectivity index (χ1v) is 10.3. The van der Waals surface area contributed by atoms with Crippen molar-refractivity contribution in [2.75, 3.05) is 12.4 Å². The van der Waals surface area contributed by atoms with E-state index < -0.39 is 5.97 Å². The Morgan fingerprint density at radius 3 is 2.70 bits per heavy atom. The molecule has 0 aliphatic carbocycles. The van der Waals surface area contributed by atoms with Gasteiger partial charge < -0.3 is 14.8 Å². The van der Waals surface area contributed by atoms with Gasteiger partial charge in [-0.15, -0.1) is 0 Å². The number of carbonyl (C=O) groups excluding carboxylic acids is 1. The summed E-state index contributed by atoms with van der Waals surface area (Å²) in [5.41, 5.74) is 4.05. The number of carbonyl (C=O) groups is 1. The maximum absolute atomic E-state index is 11.5. The first-order valence-electron chi connectivity index (χ1n) is 9.50. The van der Waals surface area contributed by atoms with Crippen LogP contribution in [-0.4, -0.2) is 23.0 Å². The van der Waals surface area contributed by atoms with Gasteiger partial charge in [0.05, 0.1) is 23.9 Å². The molecule has 0 atom stereocenters. The van der Waals surface area contributed by atoms with Gasteiger partial charge in [-0.3, -0.25) is 9.78 Å². The fourth-order valence-electron chi connectivity index (χ4n) is 3.16. The molecular formula is C23H21N3O3S. The Hall–Kier alpha value is -3.45. The zero-order valence-corrected chi connectivity index (χ0v) is 17.5. The summed E-state index contributed by atoms with van der Waals surface area (Å²) in [7, 11) is 1.53. The molecule has 0 aliphatic rings. The maximum Gasteiger partial charge on any atom is 0.308 e. The standard InChI is InChI=1S/C23H21N3O3S/c1-15(27)29-22-19(24-11-10-20(22)28-2)14-25-23-26-18-9-8-17(13-21(18)30-23)12-16-6-4-3-5-7-16/h3-11,13H,12,14H2,1-2H3,(H,25,26). The van der Waals surface area contributed by atoms with Crippen LogP contribution in [0.4, 0.5) is 5.13 Å². The van der Waals surface area contributed by atoms with Crippen LogP contribution in [0.1, 0.15) is 23.7 Å². The second-order valence-corrected chi connectivity index (χ2v) is 7.75. The summed E-state index contributed by atoms with van der Waals surface area (Å²) in [5, 5.41) is 4.06. The molecule has 2 aromatic heterocycles. The number of thiazole rings is 1. The van der Waals surface area contributed by atoms with Gasteiger partial charge in [0.2, 0.25) is 0 Å². The van der Waals surface area contributed by atoms with Crippen LogP contribution in [0.5, 0.6) is 11.5 Å². The van der Waals surface area contributed by atoms with Crippen molar-refractivity contribution in [2.45, 2.75) is 19.9 Å². The Kier molecular flexibility index (Phi) is 5.90. The van der Waals surface area contributed by atoms with Gasteiger partial charge in [0.25, 0.3) is 0 Å². The van der Waals surface area contributed by atoms with E-state index in [0.29, 0.717) is 23.7 Å². The molecular weight excluding hydrogens is 398 g/mol. The number of ether oxygens (including phenoxy) is 2. The Bertz CT molecular complexity index is 1180. The second kappa shape index (κ2) is 8.92. The minimum Gasteiger partial charge on any atom is -0.493 e. The fraction of sp³-hybridized carbons (Fsp3) is 0.174. The van der Waals surface area contributed by atoms with Crippen LogP contribution >= 0.6 is 11.3 Å². The van der Waals surface area contributed by atoms with Gasteiger partial charge in [-0.25, -0.2) is 4.98 Å². The van der Waals surface area contributed by atoms with E-state index in [1.807, 2.05) is 12.1 Å². The molecule has 0 spiro atoms. The molecule has 0 aliphatic heterocycles. The summed E-state index contributed by atoms with van der Waals surface area (Å²) in [6.07, 6.45) is 2.51. The highest BCUT2D eigenvalue weighted by Gasteiger charge is 2.15. The molecule has 1 N–H and O–H groups in total. The van der Waals surface area contributed by atoms with E-state index in [1.165, 1.54) is 25.2 Å². The summed E-state index contributed by atoms with van der Waals surface area (Å²) >= 11 is 1.58. The smallest absolute Gasteiger partial charge is 0.308 e. The van der Waals surface area contributed by atoms with Crippen LogP contribution in [-0.2, 0) is 17.8 Å². The number of anilines is 1. The third kappa shape index (κ3) is 4.58. The molecule has 7 heteroatoms. The molecule has 0 saturated heterocycles. The number of hydrogen-bond donors (Lipinski definition) is 1. The average molecular weight is 420 g/mol. The fourth-order valence-corrected chi connectivity index (χ4v) is 4.08. The monoisotopic (exact) mass is 419 g/mol. The topological polar surface area (TPSA) is 73.3 Å². The average Bonchev–Trinajstić information content (AvgIpc) is 3.15. The number of pyridine rings is 1. The predicted octanol–water partition coefficient (Wildman–Crippen LogP) is 4.83. The molecule has 0 amide bonds. The third-order valence-electron chi connectivity index (χ3n) is 4.52. The lowest BCUT2D eigenvalue weighted by Crippen LogP contribution is -2.09. The Labute approximate surface area is 178 Å². The van der Waals surface area contributed by atoms with E-state index in [2.05, 4.69) is 51.7 Å². The van der Waals surface area contributed by atoms with Crippen molar-refractivity contribution in [2.24, 2.45) is 0 Å². The van der Waals surface area contributed by atoms with E-state index in [4.69, 9.17) is 9.47 Å². The SMILES string of the molecule is COc1ccnc(CNc2nc3ccc(Cc4ccccc4)cc3s2)c1OC(C)=O. The molecule has 4 rings (SSSR count). The van der Waals surface area contributed by atoms with Gasteiger partial charge in [-0.2, -0.15) is 0 Å². The summed E-state index contributed by atoms with van der Waals surface area (Å²) in [6, 6.07) is 18.4. The van der Waals surface area contributed by atoms with Crippen LogP contribution in [0.3, 0.4) is 0 Å². The summed E-state index contributed by atoms with van der Waals surface area (Å²) in [5.74, 6) is 0.367. The lowest BCUT2D eigenvalue weighted by atomic mass is 10.1. The number of methoxy groups -OCH3 is 1. The number of nitrogens with one attached hydrogen (secondary N) is 1. The number of hydrogen-bond acceptors (Lipinski definition) is 7. The van der Waals surface area contributed by atoms with Gasteiger partial charge in [-0.05, 0) is 29.7 Å². The number of benzene rings is 2. The molecule has 2 heterocycles. The zero-order valence-electron chi connectivity index (χ0n) is 16.7.